The van der Waals surface area contributed by atoms with E-state index < -0.39 is 18.1 Å². The maximum atomic E-state index is 12.4. The predicted octanol–water partition coefficient (Wildman–Crippen LogP) is 1.07. The van der Waals surface area contributed by atoms with Crippen LogP contribution in [0.25, 0.3) is 0 Å². The lowest BCUT2D eigenvalue weighted by Crippen LogP contribution is -2.55. The topological polar surface area (TPSA) is 76.1 Å². The highest BCUT2D eigenvalue weighted by molar-refractivity contribution is 5.86. The lowest BCUT2D eigenvalue weighted by Gasteiger charge is -2.34. The first-order valence-corrected chi connectivity index (χ1v) is 6.83. The van der Waals surface area contributed by atoms with Gasteiger partial charge in [-0.05, 0) is 31.5 Å². The van der Waals surface area contributed by atoms with E-state index in [1.165, 1.54) is 4.90 Å². The number of aliphatic carboxylic acids is 1. The average molecular weight is 293 g/mol. The van der Waals surface area contributed by atoms with Crippen LogP contribution in [0.4, 0.5) is 0 Å². The van der Waals surface area contributed by atoms with Gasteiger partial charge in [0, 0.05) is 6.54 Å². The molecule has 1 fully saturated rings. The molecule has 1 heterocycles. The molecule has 0 spiro atoms. The van der Waals surface area contributed by atoms with Crippen molar-refractivity contribution in [1.29, 1.82) is 0 Å². The summed E-state index contributed by atoms with van der Waals surface area (Å²) < 4.78 is 10.7. The normalized spacial score (nSPS) is 19.9. The summed E-state index contributed by atoms with van der Waals surface area (Å²) >= 11 is 0. The number of ether oxygens (including phenoxy) is 2. The van der Waals surface area contributed by atoms with Crippen LogP contribution in [-0.4, -0.2) is 53.8 Å². The van der Waals surface area contributed by atoms with Crippen LogP contribution in [0.15, 0.2) is 24.3 Å². The molecule has 6 nitrogen and oxygen atoms in total. The summed E-state index contributed by atoms with van der Waals surface area (Å²) in [7, 11) is 0. The Labute approximate surface area is 123 Å². The van der Waals surface area contributed by atoms with E-state index in [0.717, 1.165) is 5.56 Å². The van der Waals surface area contributed by atoms with Crippen LogP contribution in [-0.2, 0) is 14.3 Å². The summed E-state index contributed by atoms with van der Waals surface area (Å²) in [6, 6.07) is 6.43. The van der Waals surface area contributed by atoms with Gasteiger partial charge >= 0.3 is 5.97 Å². The second kappa shape index (κ2) is 6.58. The summed E-state index contributed by atoms with van der Waals surface area (Å²) in [5.41, 5.74) is 1.03. The van der Waals surface area contributed by atoms with E-state index in [4.69, 9.17) is 14.6 Å². The molecule has 0 saturated carbocycles. The molecule has 1 aromatic rings. The first-order chi connectivity index (χ1) is 9.99. The fourth-order valence-electron chi connectivity index (χ4n) is 2.25. The van der Waals surface area contributed by atoms with E-state index in [9.17, 15) is 9.59 Å². The van der Waals surface area contributed by atoms with Crippen molar-refractivity contribution in [2.24, 2.45) is 0 Å². The van der Waals surface area contributed by atoms with Gasteiger partial charge in [0.1, 0.15) is 5.75 Å². The third kappa shape index (κ3) is 3.72. The molecule has 1 aliphatic rings. The standard InChI is InChI=1S/C15H19NO5/c1-10-4-3-5-12(8-10)21-11(2)14(17)16-6-7-20-9-13(16)15(18)19/h3-5,8,11,13H,6-7,9H2,1-2H3,(H,18,19)/t11-,13-/m0/s1. The van der Waals surface area contributed by atoms with E-state index in [-0.39, 0.29) is 19.1 Å². The van der Waals surface area contributed by atoms with Crippen molar-refractivity contribution in [3.63, 3.8) is 0 Å². The third-order valence-electron chi connectivity index (χ3n) is 3.35. The smallest absolute Gasteiger partial charge is 0.328 e. The molecular formula is C15H19NO5. The molecule has 2 rings (SSSR count). The molecule has 1 amide bonds. The van der Waals surface area contributed by atoms with Gasteiger partial charge < -0.3 is 19.5 Å². The monoisotopic (exact) mass is 293 g/mol. The van der Waals surface area contributed by atoms with Crippen LogP contribution in [0.5, 0.6) is 5.75 Å². The minimum Gasteiger partial charge on any atom is -0.481 e. The summed E-state index contributed by atoms with van der Waals surface area (Å²) in [6.45, 7) is 4.17. The lowest BCUT2D eigenvalue weighted by molar-refractivity contribution is -0.161. The van der Waals surface area contributed by atoms with Gasteiger partial charge in [-0.3, -0.25) is 4.79 Å². The van der Waals surface area contributed by atoms with Crippen LogP contribution in [0.2, 0.25) is 0 Å². The lowest BCUT2D eigenvalue weighted by atomic mass is 10.2. The van der Waals surface area contributed by atoms with Gasteiger partial charge in [-0.1, -0.05) is 12.1 Å². The number of nitrogens with zero attached hydrogens (tertiary/aromatic N) is 1. The number of carbonyl (C=O) groups is 2. The van der Waals surface area contributed by atoms with Crippen molar-refractivity contribution in [1.82, 2.24) is 4.90 Å². The van der Waals surface area contributed by atoms with E-state index in [1.54, 1.807) is 13.0 Å². The highest BCUT2D eigenvalue weighted by Gasteiger charge is 2.35. The molecule has 6 heteroatoms. The number of carbonyl (C=O) groups excluding carboxylic acids is 1. The van der Waals surface area contributed by atoms with Gasteiger partial charge in [0.25, 0.3) is 5.91 Å². The minimum absolute atomic E-state index is 0.0121. The second-order valence-corrected chi connectivity index (χ2v) is 5.04. The van der Waals surface area contributed by atoms with Crippen LogP contribution < -0.4 is 4.74 Å². The first kappa shape index (κ1) is 15.3. The third-order valence-corrected chi connectivity index (χ3v) is 3.35. The van der Waals surface area contributed by atoms with Crippen molar-refractivity contribution in [2.75, 3.05) is 19.8 Å². The number of benzene rings is 1. The summed E-state index contributed by atoms with van der Waals surface area (Å²) in [5, 5.41) is 9.15. The van der Waals surface area contributed by atoms with Crippen molar-refractivity contribution < 1.29 is 24.2 Å². The highest BCUT2D eigenvalue weighted by Crippen LogP contribution is 2.16. The minimum atomic E-state index is -1.06. The van der Waals surface area contributed by atoms with E-state index >= 15 is 0 Å². The van der Waals surface area contributed by atoms with E-state index in [0.29, 0.717) is 12.4 Å². The maximum absolute atomic E-state index is 12.4. The summed E-state index contributed by atoms with van der Waals surface area (Å²) in [4.78, 5) is 24.9. The molecule has 1 saturated heterocycles. The Kier molecular flexibility index (Phi) is 4.80. The van der Waals surface area contributed by atoms with Crippen molar-refractivity contribution >= 4 is 11.9 Å². The van der Waals surface area contributed by atoms with Crippen molar-refractivity contribution in [3.05, 3.63) is 29.8 Å². The van der Waals surface area contributed by atoms with Crippen LogP contribution >= 0.6 is 0 Å². The van der Waals surface area contributed by atoms with Crippen LogP contribution in [0.3, 0.4) is 0 Å². The Bertz CT molecular complexity index is 531. The zero-order valence-electron chi connectivity index (χ0n) is 12.1. The molecule has 0 unspecified atom stereocenters. The second-order valence-electron chi connectivity index (χ2n) is 5.04. The Morgan fingerprint density at radius 1 is 1.48 bits per heavy atom. The molecule has 21 heavy (non-hydrogen) atoms. The fourth-order valence-corrected chi connectivity index (χ4v) is 2.25. The van der Waals surface area contributed by atoms with E-state index in [2.05, 4.69) is 0 Å². The van der Waals surface area contributed by atoms with Gasteiger partial charge in [0.15, 0.2) is 12.1 Å². The molecule has 2 atom stereocenters. The first-order valence-electron chi connectivity index (χ1n) is 6.83. The Morgan fingerprint density at radius 2 is 2.24 bits per heavy atom. The average Bonchev–Trinajstić information content (AvgIpc) is 2.46. The zero-order valence-corrected chi connectivity index (χ0v) is 12.1. The summed E-state index contributed by atoms with van der Waals surface area (Å²) in [6.07, 6.45) is -0.744. The largest absolute Gasteiger partial charge is 0.481 e. The Hall–Kier alpha value is -2.08. The number of carboxylic acid groups (broad SMARTS) is 1. The van der Waals surface area contributed by atoms with Gasteiger partial charge in [-0.2, -0.15) is 0 Å². The molecule has 114 valence electrons. The number of morpholine rings is 1. The van der Waals surface area contributed by atoms with Crippen molar-refractivity contribution in [3.8, 4) is 5.75 Å². The molecule has 1 aromatic carbocycles. The van der Waals surface area contributed by atoms with Gasteiger partial charge in [-0.15, -0.1) is 0 Å². The summed E-state index contributed by atoms with van der Waals surface area (Å²) in [5.74, 6) is -0.811. The Balaban J connectivity index is 2.05. The van der Waals surface area contributed by atoms with Gasteiger partial charge in [0.05, 0.1) is 13.2 Å². The predicted molar refractivity (Wildman–Crippen MR) is 75.2 cm³/mol. The quantitative estimate of drug-likeness (QED) is 0.899. The van der Waals surface area contributed by atoms with E-state index in [1.807, 2.05) is 25.1 Å². The van der Waals surface area contributed by atoms with Crippen LogP contribution in [0, 0.1) is 6.92 Å². The number of hydrogen-bond acceptors (Lipinski definition) is 4. The molecular weight excluding hydrogens is 274 g/mol. The molecule has 0 bridgehead atoms. The SMILES string of the molecule is Cc1cccc(O[C@@H](C)C(=O)N2CCOC[C@H]2C(=O)O)c1. The van der Waals surface area contributed by atoms with Crippen molar-refractivity contribution in [2.45, 2.75) is 26.0 Å². The number of hydrogen-bond donors (Lipinski definition) is 1. The number of aryl methyl sites for hydroxylation is 1. The fraction of sp³-hybridized carbons (Fsp3) is 0.467. The van der Waals surface area contributed by atoms with Gasteiger partial charge in [0.2, 0.25) is 0 Å². The maximum Gasteiger partial charge on any atom is 0.328 e. The highest BCUT2D eigenvalue weighted by atomic mass is 16.5. The molecule has 1 aliphatic heterocycles. The molecule has 0 aliphatic carbocycles. The zero-order chi connectivity index (χ0) is 15.4. The Morgan fingerprint density at radius 3 is 2.90 bits per heavy atom. The number of carboxylic acids is 1. The molecule has 1 N–H and O–H groups in total. The molecule has 0 aromatic heterocycles. The van der Waals surface area contributed by atoms with Crippen LogP contribution in [0.1, 0.15) is 12.5 Å². The molecule has 0 radical (unpaired) electrons. The van der Waals surface area contributed by atoms with Gasteiger partial charge in [-0.25, -0.2) is 4.79 Å². The number of rotatable bonds is 4. The number of amides is 1.